The van der Waals surface area contributed by atoms with Crippen LogP contribution in [0.25, 0.3) is 0 Å². The molecule has 1 aliphatic rings. The third kappa shape index (κ3) is 3.80. The Kier molecular flexibility index (Phi) is 4.59. The molecule has 4 nitrogen and oxygen atoms in total. The van der Waals surface area contributed by atoms with Gasteiger partial charge >= 0.3 is 12.1 Å². The Labute approximate surface area is 120 Å². The number of carbonyl (C=O) groups is 1. The van der Waals surface area contributed by atoms with Crippen molar-refractivity contribution in [3.63, 3.8) is 0 Å². The molecular weight excluding hydrogens is 287 g/mol. The first-order chi connectivity index (χ1) is 9.91. The smallest absolute Gasteiger partial charge is 0.471 e. The molecule has 0 bridgehead atoms. The van der Waals surface area contributed by atoms with E-state index in [9.17, 15) is 18.0 Å². The molecule has 1 heterocycles. The van der Waals surface area contributed by atoms with Crippen LogP contribution in [-0.4, -0.2) is 32.3 Å². The lowest BCUT2D eigenvalue weighted by atomic mass is 9.90. The molecule has 1 amide bonds. The quantitative estimate of drug-likeness (QED) is 0.930. The van der Waals surface area contributed by atoms with Crippen molar-refractivity contribution in [3.05, 3.63) is 23.8 Å². The monoisotopic (exact) mass is 303 g/mol. The number of nitrogens with one attached hydrogen (secondary N) is 1. The summed E-state index contributed by atoms with van der Waals surface area (Å²) in [5.41, 5.74) is 0.904. The van der Waals surface area contributed by atoms with E-state index in [0.717, 1.165) is 5.56 Å². The van der Waals surface area contributed by atoms with Crippen LogP contribution in [0.5, 0.6) is 11.5 Å². The lowest BCUT2D eigenvalue weighted by Crippen LogP contribution is -2.37. The molecule has 1 unspecified atom stereocenters. The Morgan fingerprint density at radius 1 is 1.48 bits per heavy atom. The van der Waals surface area contributed by atoms with Crippen LogP contribution in [-0.2, 0) is 4.79 Å². The van der Waals surface area contributed by atoms with Gasteiger partial charge in [0.25, 0.3) is 0 Å². The second-order valence-corrected chi connectivity index (χ2v) is 4.78. The van der Waals surface area contributed by atoms with E-state index in [-0.39, 0.29) is 12.5 Å². The standard InChI is InChI=1S/C14H16F3NO3/c1-20-10-2-3-12-11(8-10)9(5-7-21-12)4-6-18-13(19)14(15,16)17/h2-3,8-9H,4-7H2,1H3,(H,18,19). The average Bonchev–Trinajstić information content (AvgIpc) is 2.45. The molecule has 7 heteroatoms. The fourth-order valence-corrected chi connectivity index (χ4v) is 2.33. The van der Waals surface area contributed by atoms with E-state index in [4.69, 9.17) is 9.47 Å². The minimum Gasteiger partial charge on any atom is -0.497 e. The highest BCUT2D eigenvalue weighted by Gasteiger charge is 2.38. The third-order valence-electron chi connectivity index (χ3n) is 3.42. The van der Waals surface area contributed by atoms with E-state index in [2.05, 4.69) is 0 Å². The normalized spacial score (nSPS) is 17.6. The van der Waals surface area contributed by atoms with Crippen molar-refractivity contribution in [2.75, 3.05) is 20.3 Å². The van der Waals surface area contributed by atoms with Gasteiger partial charge in [0.1, 0.15) is 11.5 Å². The molecule has 0 saturated heterocycles. The number of rotatable bonds is 4. The fraction of sp³-hybridized carbons (Fsp3) is 0.500. The molecule has 0 radical (unpaired) electrons. The van der Waals surface area contributed by atoms with Crippen molar-refractivity contribution < 1.29 is 27.4 Å². The predicted octanol–water partition coefficient (Wildman–Crippen LogP) is 2.63. The summed E-state index contributed by atoms with van der Waals surface area (Å²) in [5.74, 6) is -0.476. The number of amides is 1. The molecule has 2 rings (SSSR count). The Bertz CT molecular complexity index is 517. The summed E-state index contributed by atoms with van der Waals surface area (Å²) < 4.78 is 47.0. The zero-order valence-corrected chi connectivity index (χ0v) is 11.5. The van der Waals surface area contributed by atoms with Gasteiger partial charge in [-0.15, -0.1) is 0 Å². The van der Waals surface area contributed by atoms with Crippen molar-refractivity contribution in [1.29, 1.82) is 0 Å². The molecule has 1 N–H and O–H groups in total. The van der Waals surface area contributed by atoms with Crippen molar-refractivity contribution in [2.24, 2.45) is 0 Å². The molecule has 0 fully saturated rings. The van der Waals surface area contributed by atoms with E-state index in [1.807, 2.05) is 11.4 Å². The fourth-order valence-electron chi connectivity index (χ4n) is 2.33. The maximum atomic E-state index is 12.1. The summed E-state index contributed by atoms with van der Waals surface area (Å²) in [6.45, 7) is 0.483. The molecule has 1 aromatic carbocycles. The van der Waals surface area contributed by atoms with Crippen molar-refractivity contribution >= 4 is 5.91 Å². The van der Waals surface area contributed by atoms with Crippen molar-refractivity contribution in [2.45, 2.75) is 24.9 Å². The van der Waals surface area contributed by atoms with Crippen LogP contribution in [0.15, 0.2) is 18.2 Å². The minimum absolute atomic E-state index is 0.0281. The molecule has 0 aliphatic carbocycles. The van der Waals surface area contributed by atoms with Crippen LogP contribution in [0.4, 0.5) is 13.2 Å². The van der Waals surface area contributed by atoms with Gasteiger partial charge in [0.2, 0.25) is 0 Å². The third-order valence-corrected chi connectivity index (χ3v) is 3.42. The van der Waals surface area contributed by atoms with Gasteiger partial charge in [-0.05, 0) is 37.0 Å². The number of hydrogen-bond acceptors (Lipinski definition) is 3. The predicted molar refractivity (Wildman–Crippen MR) is 69.5 cm³/mol. The lowest BCUT2D eigenvalue weighted by molar-refractivity contribution is -0.173. The van der Waals surface area contributed by atoms with Crippen LogP contribution in [0.3, 0.4) is 0 Å². The molecule has 1 aromatic rings. The van der Waals surface area contributed by atoms with Crippen LogP contribution in [0.1, 0.15) is 24.3 Å². The molecule has 116 valence electrons. The summed E-state index contributed by atoms with van der Waals surface area (Å²) in [6, 6.07) is 5.38. The summed E-state index contributed by atoms with van der Waals surface area (Å²) in [4.78, 5) is 10.8. The van der Waals surface area contributed by atoms with Gasteiger partial charge in [-0.2, -0.15) is 13.2 Å². The average molecular weight is 303 g/mol. The number of hydrogen-bond donors (Lipinski definition) is 1. The largest absolute Gasteiger partial charge is 0.497 e. The van der Waals surface area contributed by atoms with Gasteiger partial charge in [0.15, 0.2) is 0 Å². The molecule has 21 heavy (non-hydrogen) atoms. The van der Waals surface area contributed by atoms with Crippen LogP contribution < -0.4 is 14.8 Å². The molecule has 0 aromatic heterocycles. The van der Waals surface area contributed by atoms with E-state index < -0.39 is 12.1 Å². The molecule has 1 aliphatic heterocycles. The highest BCUT2D eigenvalue weighted by atomic mass is 19.4. The molecule has 0 saturated carbocycles. The Hall–Kier alpha value is -1.92. The van der Waals surface area contributed by atoms with E-state index in [1.54, 1.807) is 19.2 Å². The lowest BCUT2D eigenvalue weighted by Gasteiger charge is -2.26. The van der Waals surface area contributed by atoms with Gasteiger partial charge in [-0.1, -0.05) is 0 Å². The van der Waals surface area contributed by atoms with Gasteiger partial charge in [0, 0.05) is 12.1 Å². The van der Waals surface area contributed by atoms with Crippen molar-refractivity contribution in [1.82, 2.24) is 5.32 Å². The minimum atomic E-state index is -4.84. The molecular formula is C14H16F3NO3. The summed E-state index contributed by atoms with van der Waals surface area (Å²) in [6.07, 6.45) is -3.72. The van der Waals surface area contributed by atoms with Gasteiger partial charge in [-0.3, -0.25) is 4.79 Å². The van der Waals surface area contributed by atoms with Gasteiger partial charge < -0.3 is 14.8 Å². The van der Waals surface area contributed by atoms with Crippen molar-refractivity contribution in [3.8, 4) is 11.5 Å². The number of carbonyl (C=O) groups excluding carboxylic acids is 1. The maximum absolute atomic E-state index is 12.1. The van der Waals surface area contributed by atoms with Crippen LogP contribution in [0, 0.1) is 0 Å². The first-order valence-electron chi connectivity index (χ1n) is 6.57. The topological polar surface area (TPSA) is 47.6 Å². The zero-order valence-electron chi connectivity index (χ0n) is 11.5. The molecule has 1 atom stereocenters. The Balaban J connectivity index is 1.98. The maximum Gasteiger partial charge on any atom is 0.471 e. The summed E-state index contributed by atoms with van der Waals surface area (Å²) in [5, 5.41) is 1.89. The first kappa shape index (κ1) is 15.5. The number of fused-ring (bicyclic) bond motifs is 1. The summed E-state index contributed by atoms with van der Waals surface area (Å²) >= 11 is 0. The number of methoxy groups -OCH3 is 1. The van der Waals surface area contributed by atoms with E-state index >= 15 is 0 Å². The SMILES string of the molecule is COc1ccc2c(c1)C(CCNC(=O)C(F)(F)F)CCO2. The Morgan fingerprint density at radius 2 is 2.24 bits per heavy atom. The number of halogens is 3. The highest BCUT2D eigenvalue weighted by Crippen LogP contribution is 2.37. The number of alkyl halides is 3. The number of ether oxygens (including phenoxy) is 2. The second-order valence-electron chi connectivity index (χ2n) is 4.78. The second kappa shape index (κ2) is 6.24. The zero-order chi connectivity index (χ0) is 15.5. The highest BCUT2D eigenvalue weighted by molar-refractivity contribution is 5.81. The van der Waals surface area contributed by atoms with Crippen LogP contribution in [0.2, 0.25) is 0 Å². The summed E-state index contributed by atoms with van der Waals surface area (Å²) in [7, 11) is 1.55. The van der Waals surface area contributed by atoms with E-state index in [0.29, 0.717) is 30.9 Å². The van der Waals surface area contributed by atoms with Gasteiger partial charge in [0.05, 0.1) is 13.7 Å². The Morgan fingerprint density at radius 3 is 2.90 bits per heavy atom. The molecule has 0 spiro atoms. The number of benzene rings is 1. The van der Waals surface area contributed by atoms with E-state index in [1.165, 1.54) is 0 Å². The van der Waals surface area contributed by atoms with Crippen LogP contribution >= 0.6 is 0 Å². The first-order valence-corrected chi connectivity index (χ1v) is 6.57. The van der Waals surface area contributed by atoms with Gasteiger partial charge in [-0.25, -0.2) is 0 Å².